The van der Waals surface area contributed by atoms with E-state index in [4.69, 9.17) is 5.73 Å². The summed E-state index contributed by atoms with van der Waals surface area (Å²) >= 11 is 0. The van der Waals surface area contributed by atoms with E-state index in [9.17, 15) is 13.6 Å². The van der Waals surface area contributed by atoms with Gasteiger partial charge in [-0.25, -0.2) is 13.8 Å². The Morgan fingerprint density at radius 2 is 2.04 bits per heavy atom. The Morgan fingerprint density at radius 1 is 1.26 bits per heavy atom. The first-order valence-corrected chi connectivity index (χ1v) is 6.87. The van der Waals surface area contributed by atoms with Crippen LogP contribution in [-0.2, 0) is 6.54 Å². The zero-order valence-corrected chi connectivity index (χ0v) is 12.2. The van der Waals surface area contributed by atoms with Gasteiger partial charge in [-0.1, -0.05) is 0 Å². The Kier molecular flexibility index (Phi) is 3.65. The summed E-state index contributed by atoms with van der Waals surface area (Å²) in [6.45, 7) is 2.46. The molecule has 2 heterocycles. The number of primary amides is 1. The van der Waals surface area contributed by atoms with Gasteiger partial charge in [0.15, 0.2) is 0 Å². The van der Waals surface area contributed by atoms with E-state index in [0.717, 1.165) is 12.3 Å². The first-order chi connectivity index (χ1) is 11.0. The second kappa shape index (κ2) is 5.64. The van der Waals surface area contributed by atoms with Crippen molar-refractivity contribution >= 4 is 28.3 Å². The van der Waals surface area contributed by atoms with E-state index in [-0.39, 0.29) is 11.4 Å². The second-order valence-electron chi connectivity index (χ2n) is 4.89. The SMILES string of the molecule is CCn1ncc2c(Nc3ncc(F)cc3C(N)=O)cc(F)cc21. The van der Waals surface area contributed by atoms with Crippen molar-refractivity contribution in [1.82, 2.24) is 14.8 Å². The Hall–Kier alpha value is -3.03. The van der Waals surface area contributed by atoms with Gasteiger partial charge in [0, 0.05) is 11.9 Å². The van der Waals surface area contributed by atoms with E-state index in [0.29, 0.717) is 23.1 Å². The van der Waals surface area contributed by atoms with Crippen molar-refractivity contribution < 1.29 is 13.6 Å². The second-order valence-corrected chi connectivity index (χ2v) is 4.89. The van der Waals surface area contributed by atoms with Crippen molar-refractivity contribution in [3.8, 4) is 0 Å². The van der Waals surface area contributed by atoms with Crippen LogP contribution in [0.2, 0.25) is 0 Å². The molecule has 118 valence electrons. The number of fused-ring (bicyclic) bond motifs is 1. The minimum atomic E-state index is -0.837. The number of rotatable bonds is 4. The molecular weight excluding hydrogens is 304 g/mol. The smallest absolute Gasteiger partial charge is 0.252 e. The molecule has 0 spiro atoms. The molecule has 0 bridgehead atoms. The number of nitrogens with one attached hydrogen (secondary N) is 1. The molecule has 3 rings (SSSR count). The van der Waals surface area contributed by atoms with Gasteiger partial charge in [-0.15, -0.1) is 0 Å². The fourth-order valence-corrected chi connectivity index (χ4v) is 2.35. The molecule has 23 heavy (non-hydrogen) atoms. The van der Waals surface area contributed by atoms with Crippen molar-refractivity contribution in [2.24, 2.45) is 5.73 Å². The number of nitrogens with zero attached hydrogens (tertiary/aromatic N) is 3. The number of hydrogen-bond donors (Lipinski definition) is 2. The zero-order valence-electron chi connectivity index (χ0n) is 12.2. The molecule has 0 fully saturated rings. The van der Waals surface area contributed by atoms with Gasteiger partial charge in [0.2, 0.25) is 0 Å². The van der Waals surface area contributed by atoms with Gasteiger partial charge in [0.1, 0.15) is 17.5 Å². The van der Waals surface area contributed by atoms with Gasteiger partial charge in [-0.3, -0.25) is 9.48 Å². The van der Waals surface area contributed by atoms with E-state index >= 15 is 0 Å². The van der Waals surface area contributed by atoms with E-state index in [1.54, 1.807) is 10.9 Å². The van der Waals surface area contributed by atoms with Crippen LogP contribution in [0.5, 0.6) is 0 Å². The summed E-state index contributed by atoms with van der Waals surface area (Å²) in [4.78, 5) is 15.3. The maximum Gasteiger partial charge on any atom is 0.252 e. The van der Waals surface area contributed by atoms with Crippen molar-refractivity contribution in [1.29, 1.82) is 0 Å². The molecule has 0 saturated heterocycles. The number of benzene rings is 1. The predicted octanol–water partition coefficient (Wildman–Crippen LogP) is 2.57. The van der Waals surface area contributed by atoms with Gasteiger partial charge in [-0.2, -0.15) is 5.10 Å². The molecule has 0 unspecified atom stereocenters. The maximum absolute atomic E-state index is 13.9. The number of halogens is 2. The number of carbonyl (C=O) groups is 1. The summed E-state index contributed by atoms with van der Waals surface area (Å²) in [5.41, 5.74) is 6.07. The number of carbonyl (C=O) groups excluding carboxylic acids is 1. The zero-order chi connectivity index (χ0) is 16.6. The average molecular weight is 317 g/mol. The molecular formula is C15H13F2N5O. The van der Waals surface area contributed by atoms with Crippen molar-refractivity contribution in [2.45, 2.75) is 13.5 Å². The van der Waals surface area contributed by atoms with Crippen molar-refractivity contribution in [3.63, 3.8) is 0 Å². The first kappa shape index (κ1) is 14.9. The van der Waals surface area contributed by atoms with Gasteiger partial charge in [-0.05, 0) is 25.1 Å². The predicted molar refractivity (Wildman–Crippen MR) is 81.4 cm³/mol. The number of hydrogen-bond acceptors (Lipinski definition) is 4. The highest BCUT2D eigenvalue weighted by molar-refractivity contribution is 6.00. The van der Waals surface area contributed by atoms with E-state index in [1.165, 1.54) is 12.1 Å². The molecule has 0 aliphatic rings. The van der Waals surface area contributed by atoms with Crippen LogP contribution < -0.4 is 11.1 Å². The number of aromatic nitrogens is 3. The number of pyridine rings is 1. The summed E-state index contributed by atoms with van der Waals surface area (Å²) in [6, 6.07) is 3.59. The van der Waals surface area contributed by atoms with E-state index in [2.05, 4.69) is 15.4 Å². The van der Waals surface area contributed by atoms with Crippen LogP contribution in [0.4, 0.5) is 20.3 Å². The highest BCUT2D eigenvalue weighted by Gasteiger charge is 2.15. The van der Waals surface area contributed by atoms with Crippen LogP contribution in [-0.4, -0.2) is 20.7 Å². The molecule has 0 saturated carbocycles. The molecule has 2 aromatic heterocycles. The molecule has 1 aromatic carbocycles. The molecule has 3 N–H and O–H groups in total. The lowest BCUT2D eigenvalue weighted by atomic mass is 10.2. The fraction of sp³-hybridized carbons (Fsp3) is 0.133. The van der Waals surface area contributed by atoms with Gasteiger partial charge >= 0.3 is 0 Å². The molecule has 0 aliphatic heterocycles. The van der Waals surface area contributed by atoms with Crippen LogP contribution >= 0.6 is 0 Å². The van der Waals surface area contributed by atoms with E-state index < -0.39 is 17.5 Å². The third kappa shape index (κ3) is 2.70. The monoisotopic (exact) mass is 317 g/mol. The highest BCUT2D eigenvalue weighted by atomic mass is 19.1. The number of amides is 1. The van der Waals surface area contributed by atoms with Crippen molar-refractivity contribution in [2.75, 3.05) is 5.32 Å². The summed E-state index contributed by atoms with van der Waals surface area (Å²) in [6.07, 6.45) is 2.52. The number of aryl methyl sites for hydroxylation is 1. The van der Waals surface area contributed by atoms with Gasteiger partial charge in [0.05, 0.1) is 29.2 Å². The van der Waals surface area contributed by atoms with Crippen LogP contribution in [0.1, 0.15) is 17.3 Å². The molecule has 3 aromatic rings. The Bertz CT molecular complexity index is 906. The lowest BCUT2D eigenvalue weighted by Gasteiger charge is -2.10. The molecule has 0 radical (unpaired) electrons. The van der Waals surface area contributed by atoms with Crippen LogP contribution in [0.25, 0.3) is 10.9 Å². The molecule has 8 heteroatoms. The normalized spacial score (nSPS) is 10.9. The quantitative estimate of drug-likeness (QED) is 0.774. The summed E-state index contributed by atoms with van der Waals surface area (Å²) < 4.78 is 28.7. The Balaban J connectivity index is 2.12. The first-order valence-electron chi connectivity index (χ1n) is 6.87. The van der Waals surface area contributed by atoms with Crippen LogP contribution in [0.15, 0.2) is 30.6 Å². The topological polar surface area (TPSA) is 85.8 Å². The minimum absolute atomic E-state index is 0.0510. The third-order valence-corrected chi connectivity index (χ3v) is 3.40. The summed E-state index contributed by atoms with van der Waals surface area (Å²) in [7, 11) is 0. The summed E-state index contributed by atoms with van der Waals surface area (Å²) in [5.74, 6) is -1.95. The fourth-order valence-electron chi connectivity index (χ4n) is 2.35. The molecule has 0 aliphatic carbocycles. The Morgan fingerprint density at radius 3 is 2.74 bits per heavy atom. The maximum atomic E-state index is 13.9. The highest BCUT2D eigenvalue weighted by Crippen LogP contribution is 2.28. The lowest BCUT2D eigenvalue weighted by Crippen LogP contribution is -2.14. The number of nitrogens with two attached hydrogens (primary N) is 1. The minimum Gasteiger partial charge on any atom is -0.365 e. The van der Waals surface area contributed by atoms with E-state index in [1.807, 2.05) is 6.92 Å². The summed E-state index contributed by atoms with van der Waals surface area (Å²) in [5, 5.41) is 7.65. The molecule has 0 atom stereocenters. The van der Waals surface area contributed by atoms with Gasteiger partial charge in [0.25, 0.3) is 5.91 Å². The van der Waals surface area contributed by atoms with Gasteiger partial charge < -0.3 is 11.1 Å². The average Bonchev–Trinajstić information content (AvgIpc) is 2.91. The van der Waals surface area contributed by atoms with Crippen LogP contribution in [0.3, 0.4) is 0 Å². The molecule has 6 nitrogen and oxygen atoms in total. The lowest BCUT2D eigenvalue weighted by molar-refractivity contribution is 0.100. The largest absolute Gasteiger partial charge is 0.365 e. The third-order valence-electron chi connectivity index (χ3n) is 3.40. The number of anilines is 2. The van der Waals surface area contributed by atoms with Crippen LogP contribution in [0, 0.1) is 11.6 Å². The molecule has 1 amide bonds. The van der Waals surface area contributed by atoms with Crippen molar-refractivity contribution in [3.05, 3.63) is 47.8 Å². The standard InChI is InChI=1S/C15H13F2N5O/c1-2-22-13-5-8(16)4-12(11(13)7-20-22)21-15-10(14(18)23)3-9(17)6-19-15/h3-7H,2H2,1H3,(H2,18,23)(H,19,21). The Labute approximate surface area is 129 Å².